The Balaban J connectivity index is 2.01. The van der Waals surface area contributed by atoms with Crippen molar-refractivity contribution in [2.45, 2.75) is 91.8 Å². The summed E-state index contributed by atoms with van der Waals surface area (Å²) in [7, 11) is 1.63. The third kappa shape index (κ3) is 8.44. The van der Waals surface area contributed by atoms with E-state index in [9.17, 15) is 9.59 Å². The molecule has 1 fully saturated rings. The van der Waals surface area contributed by atoms with Gasteiger partial charge in [-0.25, -0.2) is 9.18 Å². The molecule has 1 aliphatic heterocycles. The van der Waals surface area contributed by atoms with E-state index in [4.69, 9.17) is 14.2 Å². The van der Waals surface area contributed by atoms with Crippen molar-refractivity contribution in [2.75, 3.05) is 33.4 Å². The van der Waals surface area contributed by atoms with E-state index in [1.807, 2.05) is 59.4 Å². The van der Waals surface area contributed by atoms with Crippen LogP contribution in [0.25, 0.3) is 11.1 Å². The second kappa shape index (κ2) is 14.2. The van der Waals surface area contributed by atoms with Crippen LogP contribution in [0.5, 0.6) is 5.75 Å². The number of carbonyl (C=O) groups excluding carboxylic acids is 2. The first-order valence-electron chi connectivity index (χ1n) is 14.7. The third-order valence-electron chi connectivity index (χ3n) is 7.21. The molecular weight excluding hydrogens is 523 g/mol. The largest absolute Gasteiger partial charge is 0.493 e. The number of nitrogens with zero attached hydrogens (tertiary/aromatic N) is 2. The number of aryl methyl sites for hydroxylation is 2. The summed E-state index contributed by atoms with van der Waals surface area (Å²) in [6.07, 6.45) is 2.46. The lowest BCUT2D eigenvalue weighted by Gasteiger charge is -2.42. The van der Waals surface area contributed by atoms with Crippen LogP contribution in [0, 0.1) is 12.7 Å². The molecule has 7 nitrogen and oxygen atoms in total. The fourth-order valence-corrected chi connectivity index (χ4v) is 5.31. The first-order valence-corrected chi connectivity index (χ1v) is 14.7. The molecule has 0 N–H and O–H groups in total. The van der Waals surface area contributed by atoms with Crippen molar-refractivity contribution in [3.63, 3.8) is 0 Å². The van der Waals surface area contributed by atoms with Crippen LogP contribution >= 0.6 is 0 Å². The average molecular weight is 571 g/mol. The van der Waals surface area contributed by atoms with E-state index in [2.05, 4.69) is 0 Å². The van der Waals surface area contributed by atoms with Gasteiger partial charge in [0.05, 0.1) is 12.6 Å². The van der Waals surface area contributed by atoms with Crippen LogP contribution in [0.2, 0.25) is 0 Å². The van der Waals surface area contributed by atoms with Gasteiger partial charge in [0.1, 0.15) is 17.2 Å². The highest BCUT2D eigenvalue weighted by atomic mass is 19.1. The molecule has 226 valence electrons. The van der Waals surface area contributed by atoms with Crippen molar-refractivity contribution in [1.29, 1.82) is 0 Å². The first kappa shape index (κ1) is 32.4. The smallest absolute Gasteiger partial charge is 0.410 e. The molecule has 0 radical (unpaired) electrons. The molecule has 41 heavy (non-hydrogen) atoms. The maximum atomic E-state index is 15.1. The van der Waals surface area contributed by atoms with E-state index in [0.717, 1.165) is 24.0 Å². The molecule has 0 aliphatic carbocycles. The Kier molecular flexibility index (Phi) is 11.2. The van der Waals surface area contributed by atoms with Gasteiger partial charge in [-0.1, -0.05) is 18.6 Å². The van der Waals surface area contributed by atoms with Gasteiger partial charge < -0.3 is 24.0 Å². The van der Waals surface area contributed by atoms with Crippen LogP contribution in [0.15, 0.2) is 30.3 Å². The number of hydrogen-bond acceptors (Lipinski definition) is 5. The van der Waals surface area contributed by atoms with Crippen molar-refractivity contribution in [2.24, 2.45) is 0 Å². The number of piperidine rings is 1. The standard InChI is InChI=1S/C33H47FN2O5/c1-9-24-19-28(27-18-23(4)13-14-29(27)34)30(40-17-11-16-39-8)20-26(24)31(37)36(22(2)3)25-12-10-15-35(21-25)32(38)41-33(5,6)7/h13-14,18-20,22,25H,9-12,15-17,21H2,1-8H3. The minimum Gasteiger partial charge on any atom is -0.493 e. The summed E-state index contributed by atoms with van der Waals surface area (Å²) >= 11 is 0. The van der Waals surface area contributed by atoms with Gasteiger partial charge in [-0.05, 0) is 90.6 Å². The van der Waals surface area contributed by atoms with Crippen molar-refractivity contribution in [3.05, 3.63) is 52.8 Å². The normalized spacial score (nSPS) is 15.7. The quantitative estimate of drug-likeness (QED) is 0.287. The highest BCUT2D eigenvalue weighted by molar-refractivity contribution is 5.98. The summed E-state index contributed by atoms with van der Waals surface area (Å²) in [5, 5.41) is 0. The van der Waals surface area contributed by atoms with Crippen LogP contribution in [-0.2, 0) is 15.9 Å². The van der Waals surface area contributed by atoms with E-state index >= 15 is 4.39 Å². The van der Waals surface area contributed by atoms with Crippen LogP contribution < -0.4 is 4.74 Å². The second-order valence-corrected chi connectivity index (χ2v) is 12.1. The molecule has 0 spiro atoms. The molecule has 2 aromatic carbocycles. The Labute approximate surface area is 244 Å². The molecule has 1 heterocycles. The summed E-state index contributed by atoms with van der Waals surface area (Å²) in [4.78, 5) is 30.7. The lowest BCUT2D eigenvalue weighted by atomic mass is 9.93. The van der Waals surface area contributed by atoms with Crippen molar-refractivity contribution in [1.82, 2.24) is 9.80 Å². The number of ether oxygens (including phenoxy) is 3. The van der Waals surface area contributed by atoms with Crippen molar-refractivity contribution in [3.8, 4) is 16.9 Å². The van der Waals surface area contributed by atoms with Gasteiger partial charge in [-0.2, -0.15) is 0 Å². The van der Waals surface area contributed by atoms with E-state index in [1.165, 1.54) is 6.07 Å². The van der Waals surface area contributed by atoms with E-state index in [1.54, 1.807) is 30.2 Å². The van der Waals surface area contributed by atoms with E-state index in [-0.39, 0.29) is 29.9 Å². The fraction of sp³-hybridized carbons (Fsp3) is 0.576. The SMILES string of the molecule is CCc1cc(-c2cc(C)ccc2F)c(OCCCOC)cc1C(=O)N(C(C)C)C1CCCN(C(=O)OC(C)(C)C)C1. The molecule has 0 bridgehead atoms. The lowest BCUT2D eigenvalue weighted by molar-refractivity contribution is 0.00750. The van der Waals surface area contributed by atoms with Crippen molar-refractivity contribution < 1.29 is 28.2 Å². The number of benzene rings is 2. The first-order chi connectivity index (χ1) is 19.4. The zero-order valence-corrected chi connectivity index (χ0v) is 26.0. The number of halogens is 1. The summed E-state index contributed by atoms with van der Waals surface area (Å²) in [5.74, 6) is 0.00602. The molecule has 3 rings (SSSR count). The van der Waals surface area contributed by atoms with Gasteiger partial charge >= 0.3 is 6.09 Å². The van der Waals surface area contributed by atoms with E-state index < -0.39 is 5.60 Å². The molecular formula is C33H47FN2O5. The predicted molar refractivity (Wildman–Crippen MR) is 160 cm³/mol. The van der Waals surface area contributed by atoms with Gasteiger partial charge in [0, 0.05) is 56.0 Å². The Morgan fingerprint density at radius 2 is 1.85 bits per heavy atom. The Morgan fingerprint density at radius 1 is 1.12 bits per heavy atom. The van der Waals surface area contributed by atoms with Gasteiger partial charge in [0.2, 0.25) is 0 Å². The van der Waals surface area contributed by atoms with Gasteiger partial charge in [-0.15, -0.1) is 0 Å². The summed E-state index contributed by atoms with van der Waals surface area (Å²) in [6, 6.07) is 8.41. The number of amides is 2. The zero-order chi connectivity index (χ0) is 30.3. The maximum absolute atomic E-state index is 15.1. The van der Waals surface area contributed by atoms with Crippen molar-refractivity contribution >= 4 is 12.0 Å². The second-order valence-electron chi connectivity index (χ2n) is 12.1. The fourth-order valence-electron chi connectivity index (χ4n) is 5.31. The van der Waals surface area contributed by atoms with Crippen LogP contribution in [-0.4, -0.2) is 72.9 Å². The Morgan fingerprint density at radius 3 is 2.49 bits per heavy atom. The highest BCUT2D eigenvalue weighted by Gasteiger charge is 2.35. The van der Waals surface area contributed by atoms with Gasteiger partial charge in [-0.3, -0.25) is 4.79 Å². The molecule has 2 amide bonds. The van der Waals surface area contributed by atoms with Gasteiger partial charge in [0.25, 0.3) is 5.91 Å². The summed E-state index contributed by atoms with van der Waals surface area (Å²) in [5.41, 5.74) is 2.77. The predicted octanol–water partition coefficient (Wildman–Crippen LogP) is 7.03. The zero-order valence-electron chi connectivity index (χ0n) is 26.0. The number of rotatable bonds is 10. The molecule has 1 aliphatic rings. The number of hydrogen-bond donors (Lipinski definition) is 0. The molecule has 0 saturated carbocycles. The molecule has 1 atom stereocenters. The van der Waals surface area contributed by atoms with Crippen LogP contribution in [0.4, 0.5) is 9.18 Å². The van der Waals surface area contributed by atoms with Crippen LogP contribution in [0.1, 0.15) is 82.3 Å². The number of likely N-dealkylation sites (tertiary alicyclic amines) is 1. The minimum absolute atomic E-state index is 0.101. The minimum atomic E-state index is -0.591. The number of carbonyl (C=O) groups is 2. The van der Waals surface area contributed by atoms with Gasteiger partial charge in [0.15, 0.2) is 0 Å². The Bertz CT molecular complexity index is 1210. The number of methoxy groups -OCH3 is 1. The summed E-state index contributed by atoms with van der Waals surface area (Å²) in [6.45, 7) is 15.4. The average Bonchev–Trinajstić information content (AvgIpc) is 2.91. The summed E-state index contributed by atoms with van der Waals surface area (Å²) < 4.78 is 32.0. The lowest BCUT2D eigenvalue weighted by Crippen LogP contribution is -2.54. The molecule has 1 saturated heterocycles. The van der Waals surface area contributed by atoms with E-state index in [0.29, 0.717) is 61.6 Å². The highest BCUT2D eigenvalue weighted by Crippen LogP contribution is 2.37. The molecule has 2 aromatic rings. The monoisotopic (exact) mass is 570 g/mol. The Hall–Kier alpha value is -3.13. The molecule has 0 aromatic heterocycles. The van der Waals surface area contributed by atoms with Crippen LogP contribution in [0.3, 0.4) is 0 Å². The topological polar surface area (TPSA) is 68.3 Å². The molecule has 1 unspecified atom stereocenters. The molecule has 8 heteroatoms. The maximum Gasteiger partial charge on any atom is 0.410 e. The third-order valence-corrected chi connectivity index (χ3v) is 7.21.